The van der Waals surface area contributed by atoms with E-state index in [0.29, 0.717) is 0 Å². The first-order chi connectivity index (χ1) is 9.45. The van der Waals surface area contributed by atoms with Crippen LogP contribution in [-0.2, 0) is 4.74 Å². The highest BCUT2D eigenvalue weighted by Gasteiger charge is 2.22. The van der Waals surface area contributed by atoms with Gasteiger partial charge in [0, 0.05) is 5.56 Å². The molecule has 0 amide bonds. The number of ether oxygens (including phenoxy) is 1. The van der Waals surface area contributed by atoms with Crippen LogP contribution in [0.2, 0.25) is 5.02 Å². The molecule has 0 spiro atoms. The van der Waals surface area contributed by atoms with Gasteiger partial charge in [-0.2, -0.15) is 0 Å². The van der Waals surface area contributed by atoms with Crippen LogP contribution in [-0.4, -0.2) is 18.1 Å². The van der Waals surface area contributed by atoms with Crippen molar-refractivity contribution in [3.05, 3.63) is 46.6 Å². The van der Waals surface area contributed by atoms with Crippen LogP contribution in [0.4, 0.5) is 14.5 Å². The third kappa shape index (κ3) is 2.42. The molecule has 1 heterocycles. The SMILES string of the molecule is COC(=O)c1nc(-c2ccc(F)cc2)c(F)c(N)c1Cl. The van der Waals surface area contributed by atoms with Gasteiger partial charge in [0.1, 0.15) is 11.5 Å². The highest BCUT2D eigenvalue weighted by atomic mass is 35.5. The van der Waals surface area contributed by atoms with E-state index in [1.807, 2.05) is 0 Å². The molecule has 0 aliphatic heterocycles. The number of esters is 1. The topological polar surface area (TPSA) is 65.2 Å². The summed E-state index contributed by atoms with van der Waals surface area (Å²) in [4.78, 5) is 15.3. The van der Waals surface area contributed by atoms with Gasteiger partial charge in [0.15, 0.2) is 11.5 Å². The zero-order chi connectivity index (χ0) is 14.9. The Balaban J connectivity index is 2.67. The predicted molar refractivity (Wildman–Crippen MR) is 70.4 cm³/mol. The maximum Gasteiger partial charge on any atom is 0.358 e. The van der Waals surface area contributed by atoms with Gasteiger partial charge in [-0.1, -0.05) is 11.6 Å². The van der Waals surface area contributed by atoms with Crippen molar-refractivity contribution >= 4 is 23.3 Å². The van der Waals surface area contributed by atoms with E-state index >= 15 is 0 Å². The number of nitrogens with two attached hydrogens (primary N) is 1. The van der Waals surface area contributed by atoms with E-state index in [4.69, 9.17) is 17.3 Å². The lowest BCUT2D eigenvalue weighted by atomic mass is 10.1. The summed E-state index contributed by atoms with van der Waals surface area (Å²) in [5.74, 6) is -2.20. The van der Waals surface area contributed by atoms with Crippen LogP contribution in [0.15, 0.2) is 24.3 Å². The Morgan fingerprint density at radius 1 is 1.30 bits per heavy atom. The van der Waals surface area contributed by atoms with E-state index in [1.165, 1.54) is 12.1 Å². The summed E-state index contributed by atoms with van der Waals surface area (Å²) >= 11 is 5.77. The van der Waals surface area contributed by atoms with Crippen molar-refractivity contribution in [2.24, 2.45) is 0 Å². The fourth-order valence-electron chi connectivity index (χ4n) is 1.59. The van der Waals surface area contributed by atoms with Crippen LogP contribution in [0.5, 0.6) is 0 Å². The molecule has 20 heavy (non-hydrogen) atoms. The maximum atomic E-state index is 14.1. The van der Waals surface area contributed by atoms with Crippen molar-refractivity contribution in [1.82, 2.24) is 4.98 Å². The summed E-state index contributed by atoms with van der Waals surface area (Å²) in [6.07, 6.45) is 0. The molecule has 4 nitrogen and oxygen atoms in total. The molecular weight excluding hydrogens is 290 g/mol. The second-order valence-electron chi connectivity index (χ2n) is 3.85. The molecule has 2 rings (SSSR count). The number of anilines is 1. The highest BCUT2D eigenvalue weighted by Crippen LogP contribution is 2.32. The predicted octanol–water partition coefficient (Wildman–Crippen LogP) is 3.05. The van der Waals surface area contributed by atoms with Crippen molar-refractivity contribution < 1.29 is 18.3 Å². The van der Waals surface area contributed by atoms with E-state index < -0.39 is 23.3 Å². The zero-order valence-electron chi connectivity index (χ0n) is 10.3. The first kappa shape index (κ1) is 14.2. The Morgan fingerprint density at radius 2 is 1.90 bits per heavy atom. The molecule has 2 N–H and O–H groups in total. The van der Waals surface area contributed by atoms with Gasteiger partial charge in [0.25, 0.3) is 0 Å². The van der Waals surface area contributed by atoms with Crippen LogP contribution < -0.4 is 5.73 Å². The zero-order valence-corrected chi connectivity index (χ0v) is 11.0. The number of hydrogen-bond donors (Lipinski definition) is 1. The molecule has 0 aliphatic carbocycles. The van der Waals surface area contributed by atoms with Gasteiger partial charge in [0.05, 0.1) is 17.8 Å². The van der Waals surface area contributed by atoms with Gasteiger partial charge in [-0.15, -0.1) is 0 Å². The van der Waals surface area contributed by atoms with Crippen molar-refractivity contribution in [2.75, 3.05) is 12.8 Å². The largest absolute Gasteiger partial charge is 0.464 e. The quantitative estimate of drug-likeness (QED) is 0.865. The maximum absolute atomic E-state index is 14.1. The number of halogens is 3. The van der Waals surface area contributed by atoms with E-state index in [2.05, 4.69) is 9.72 Å². The molecule has 0 atom stereocenters. The number of benzene rings is 1. The molecule has 0 bridgehead atoms. The molecule has 2 aromatic rings. The van der Waals surface area contributed by atoms with Gasteiger partial charge in [-0.25, -0.2) is 18.6 Å². The molecule has 0 saturated carbocycles. The molecular formula is C13H9ClF2N2O2. The van der Waals surface area contributed by atoms with Crippen LogP contribution in [0, 0.1) is 11.6 Å². The van der Waals surface area contributed by atoms with Gasteiger partial charge in [0.2, 0.25) is 0 Å². The summed E-state index contributed by atoms with van der Waals surface area (Å²) in [6, 6.07) is 4.91. The smallest absolute Gasteiger partial charge is 0.358 e. The van der Waals surface area contributed by atoms with Crippen LogP contribution >= 0.6 is 11.6 Å². The number of carbonyl (C=O) groups excluding carboxylic acids is 1. The number of hydrogen-bond acceptors (Lipinski definition) is 4. The summed E-state index contributed by atoms with van der Waals surface area (Å²) in [5, 5.41) is -0.319. The Morgan fingerprint density at radius 3 is 2.45 bits per heavy atom. The molecule has 1 aromatic heterocycles. The van der Waals surface area contributed by atoms with Gasteiger partial charge < -0.3 is 10.5 Å². The second kappa shape index (κ2) is 5.42. The Labute approximate surface area is 118 Å². The van der Waals surface area contributed by atoms with Crippen molar-refractivity contribution in [2.45, 2.75) is 0 Å². The minimum atomic E-state index is -0.880. The summed E-state index contributed by atoms with van der Waals surface area (Å²) < 4.78 is 31.5. The monoisotopic (exact) mass is 298 g/mol. The standard InChI is InChI=1S/C13H9ClF2N2O2/c1-20-13(19)12-8(14)10(17)9(16)11(18-12)6-2-4-7(15)5-3-6/h2-5H,1H3,(H2,17,18). The van der Waals surface area contributed by atoms with Crippen LogP contribution in [0.3, 0.4) is 0 Å². The van der Waals surface area contributed by atoms with Crippen LogP contribution in [0.25, 0.3) is 11.3 Å². The van der Waals surface area contributed by atoms with E-state index in [0.717, 1.165) is 19.2 Å². The fourth-order valence-corrected chi connectivity index (χ4v) is 1.79. The van der Waals surface area contributed by atoms with E-state index in [9.17, 15) is 13.6 Å². The molecule has 0 aliphatic rings. The first-order valence-corrected chi connectivity index (χ1v) is 5.82. The average molecular weight is 299 g/mol. The molecule has 104 valence electrons. The lowest BCUT2D eigenvalue weighted by Crippen LogP contribution is -2.10. The van der Waals surface area contributed by atoms with E-state index in [1.54, 1.807) is 0 Å². The molecule has 7 heteroatoms. The average Bonchev–Trinajstić information content (AvgIpc) is 2.45. The second-order valence-corrected chi connectivity index (χ2v) is 4.23. The van der Waals surface area contributed by atoms with Crippen molar-refractivity contribution in [3.63, 3.8) is 0 Å². The third-order valence-corrected chi connectivity index (χ3v) is 2.99. The minimum Gasteiger partial charge on any atom is -0.464 e. The Kier molecular flexibility index (Phi) is 3.85. The number of rotatable bonds is 2. The molecule has 0 fully saturated rings. The highest BCUT2D eigenvalue weighted by molar-refractivity contribution is 6.35. The Hall–Kier alpha value is -2.21. The molecule has 0 unspecified atom stereocenters. The van der Waals surface area contributed by atoms with Crippen molar-refractivity contribution in [3.8, 4) is 11.3 Å². The first-order valence-electron chi connectivity index (χ1n) is 5.44. The van der Waals surface area contributed by atoms with Crippen molar-refractivity contribution in [1.29, 1.82) is 0 Å². The normalized spacial score (nSPS) is 10.4. The number of nitrogens with zero attached hydrogens (tertiary/aromatic N) is 1. The lowest BCUT2D eigenvalue weighted by molar-refractivity contribution is 0.0594. The molecule has 0 radical (unpaired) electrons. The van der Waals surface area contributed by atoms with Crippen LogP contribution in [0.1, 0.15) is 10.5 Å². The fraction of sp³-hybridized carbons (Fsp3) is 0.0769. The van der Waals surface area contributed by atoms with Gasteiger partial charge in [-0.05, 0) is 24.3 Å². The van der Waals surface area contributed by atoms with Gasteiger partial charge >= 0.3 is 5.97 Å². The summed E-state index contributed by atoms with van der Waals surface area (Å²) in [6.45, 7) is 0. The summed E-state index contributed by atoms with van der Waals surface area (Å²) in [5.41, 5.74) is 4.86. The number of nitrogen functional groups attached to an aromatic ring is 1. The summed E-state index contributed by atoms with van der Waals surface area (Å²) in [7, 11) is 1.14. The minimum absolute atomic E-state index is 0.202. The lowest BCUT2D eigenvalue weighted by Gasteiger charge is -2.10. The molecule has 0 saturated heterocycles. The molecule has 1 aromatic carbocycles. The Bertz CT molecular complexity index is 675. The van der Waals surface area contributed by atoms with Gasteiger partial charge in [-0.3, -0.25) is 0 Å². The number of aromatic nitrogens is 1. The number of carbonyl (C=O) groups is 1. The van der Waals surface area contributed by atoms with E-state index in [-0.39, 0.29) is 22.0 Å². The number of pyridine rings is 1. The number of methoxy groups -OCH3 is 1. The third-order valence-electron chi connectivity index (χ3n) is 2.61.